The van der Waals surface area contributed by atoms with Crippen molar-refractivity contribution < 1.29 is 28.7 Å². The highest BCUT2D eigenvalue weighted by molar-refractivity contribution is 6.58. The molecular weight excluding hydrogens is 654 g/mol. The van der Waals surface area contributed by atoms with Crippen LogP contribution in [0.3, 0.4) is 0 Å². The zero-order chi connectivity index (χ0) is 33.0. The van der Waals surface area contributed by atoms with Crippen molar-refractivity contribution in [1.29, 1.82) is 0 Å². The lowest BCUT2D eigenvalue weighted by Gasteiger charge is -2.50. The molecule has 0 radical (unpaired) electrons. The van der Waals surface area contributed by atoms with Crippen LogP contribution in [0.1, 0.15) is 41.0 Å². The Morgan fingerprint density at radius 2 is 1.43 bits per heavy atom. The Morgan fingerprint density at radius 1 is 0.804 bits per heavy atom. The molecular formula is C35H28Cl3FN2O5. The molecule has 2 heterocycles. The summed E-state index contributed by atoms with van der Waals surface area (Å²) in [6.45, 7) is 5.24. The summed E-state index contributed by atoms with van der Waals surface area (Å²) in [4.78, 5) is 54.9. The molecule has 3 aromatic carbocycles. The number of alkyl halides is 2. The Morgan fingerprint density at radius 3 is 2.07 bits per heavy atom. The zero-order valence-electron chi connectivity index (χ0n) is 25.0. The number of halogens is 4. The van der Waals surface area contributed by atoms with E-state index in [0.717, 1.165) is 27.5 Å². The molecule has 0 bridgehead atoms. The SMILES string of the molecule is Cc1ccc(N2C(=O)C3CC=C4C(CC5(Cl)C(=O)N(c6ccc(F)cc6)C(=O)C5(Cl)C4c4cc(C)c(O)c(C)c4)C3C2=O)cc1Cl. The number of benzene rings is 3. The first-order chi connectivity index (χ1) is 21.7. The minimum atomic E-state index is -2.05. The summed E-state index contributed by atoms with van der Waals surface area (Å²) in [6, 6.07) is 13.2. The monoisotopic (exact) mass is 680 g/mol. The van der Waals surface area contributed by atoms with Gasteiger partial charge in [-0.05, 0) is 98.2 Å². The van der Waals surface area contributed by atoms with Crippen LogP contribution in [0.25, 0.3) is 0 Å². The quantitative estimate of drug-likeness (QED) is 0.185. The second-order valence-electron chi connectivity index (χ2n) is 12.7. The Kier molecular flexibility index (Phi) is 6.98. The molecule has 3 aromatic rings. The van der Waals surface area contributed by atoms with Gasteiger partial charge in [0.25, 0.3) is 11.8 Å². The Labute approximate surface area is 279 Å². The van der Waals surface area contributed by atoms with E-state index in [1.807, 2.05) is 13.0 Å². The number of imide groups is 2. The van der Waals surface area contributed by atoms with Crippen LogP contribution >= 0.6 is 34.8 Å². The fourth-order valence-corrected chi connectivity index (χ4v) is 9.01. The molecule has 4 amide bonds. The van der Waals surface area contributed by atoms with Crippen LogP contribution in [-0.2, 0) is 19.2 Å². The number of aromatic hydroxyl groups is 1. The van der Waals surface area contributed by atoms with E-state index in [1.165, 1.54) is 12.1 Å². The fourth-order valence-electron chi connectivity index (χ4n) is 7.90. The fraction of sp³-hybridized carbons (Fsp3) is 0.314. The summed E-state index contributed by atoms with van der Waals surface area (Å²) in [7, 11) is 0. The third-order valence-electron chi connectivity index (χ3n) is 10.2. The number of phenolic OH excluding ortho intramolecular Hbond substituents is 1. The average Bonchev–Trinajstić information content (AvgIpc) is 3.35. The summed E-state index contributed by atoms with van der Waals surface area (Å²) < 4.78 is 13.9. The predicted octanol–water partition coefficient (Wildman–Crippen LogP) is 6.88. The van der Waals surface area contributed by atoms with Crippen LogP contribution in [0.2, 0.25) is 5.02 Å². The molecule has 3 fully saturated rings. The maximum atomic E-state index is 14.5. The number of nitrogens with zero attached hydrogens (tertiary/aromatic N) is 2. The molecule has 4 aliphatic rings. The van der Waals surface area contributed by atoms with Gasteiger partial charge in [0, 0.05) is 10.9 Å². The second-order valence-corrected chi connectivity index (χ2v) is 14.3. The van der Waals surface area contributed by atoms with Crippen LogP contribution in [0.15, 0.2) is 66.2 Å². The van der Waals surface area contributed by atoms with Gasteiger partial charge in [0.15, 0.2) is 9.75 Å². The minimum absolute atomic E-state index is 0.0697. The summed E-state index contributed by atoms with van der Waals surface area (Å²) in [6.07, 6.45) is 1.86. The van der Waals surface area contributed by atoms with E-state index in [-0.39, 0.29) is 30.2 Å². The summed E-state index contributed by atoms with van der Waals surface area (Å²) >= 11 is 21.2. The van der Waals surface area contributed by atoms with Crippen molar-refractivity contribution in [2.75, 3.05) is 9.80 Å². The molecule has 6 atom stereocenters. The number of phenols is 1. The topological polar surface area (TPSA) is 95.0 Å². The van der Waals surface area contributed by atoms with E-state index in [9.17, 15) is 28.7 Å². The molecule has 1 saturated carbocycles. The minimum Gasteiger partial charge on any atom is -0.507 e. The van der Waals surface area contributed by atoms with Gasteiger partial charge >= 0.3 is 0 Å². The first-order valence-corrected chi connectivity index (χ1v) is 16.0. The third-order valence-corrected chi connectivity index (χ3v) is 12.0. The molecule has 2 aliphatic heterocycles. The van der Waals surface area contributed by atoms with E-state index >= 15 is 0 Å². The van der Waals surface area contributed by atoms with Gasteiger partial charge in [-0.1, -0.05) is 41.4 Å². The molecule has 0 spiro atoms. The lowest BCUT2D eigenvalue weighted by atomic mass is 9.56. The second kappa shape index (κ2) is 10.4. The molecule has 46 heavy (non-hydrogen) atoms. The first-order valence-electron chi connectivity index (χ1n) is 14.9. The van der Waals surface area contributed by atoms with Gasteiger partial charge in [-0.25, -0.2) is 14.2 Å². The van der Waals surface area contributed by atoms with Gasteiger partial charge in [0.05, 0.1) is 23.2 Å². The van der Waals surface area contributed by atoms with Crippen molar-refractivity contribution >= 4 is 69.8 Å². The maximum Gasteiger partial charge on any atom is 0.258 e. The number of amides is 4. The molecule has 2 aliphatic carbocycles. The molecule has 11 heteroatoms. The number of carbonyl (C=O) groups excluding carboxylic acids is 4. The van der Waals surface area contributed by atoms with Crippen molar-refractivity contribution in [3.05, 3.63) is 99.3 Å². The molecule has 6 unspecified atom stereocenters. The molecule has 0 aromatic heterocycles. The van der Waals surface area contributed by atoms with Crippen LogP contribution in [-0.4, -0.2) is 38.5 Å². The molecule has 2 saturated heterocycles. The van der Waals surface area contributed by atoms with E-state index in [4.69, 9.17) is 34.8 Å². The number of hydrogen-bond donors (Lipinski definition) is 1. The smallest absolute Gasteiger partial charge is 0.258 e. The Bertz CT molecular complexity index is 1910. The van der Waals surface area contributed by atoms with Gasteiger partial charge < -0.3 is 5.11 Å². The van der Waals surface area contributed by atoms with Crippen LogP contribution in [0.4, 0.5) is 15.8 Å². The van der Waals surface area contributed by atoms with Crippen LogP contribution in [0, 0.1) is 44.3 Å². The number of hydrogen-bond acceptors (Lipinski definition) is 5. The molecule has 1 N–H and O–H groups in total. The summed E-state index contributed by atoms with van der Waals surface area (Å²) in [5, 5.41) is 11.0. The van der Waals surface area contributed by atoms with Crippen molar-refractivity contribution in [2.45, 2.75) is 49.3 Å². The highest BCUT2D eigenvalue weighted by Gasteiger charge is 2.76. The van der Waals surface area contributed by atoms with Gasteiger partial charge in [0.2, 0.25) is 11.8 Å². The van der Waals surface area contributed by atoms with Crippen molar-refractivity contribution in [2.24, 2.45) is 17.8 Å². The Balaban J connectivity index is 1.41. The number of fused-ring (bicyclic) bond motifs is 4. The van der Waals surface area contributed by atoms with E-state index in [1.54, 1.807) is 44.2 Å². The van der Waals surface area contributed by atoms with E-state index in [2.05, 4.69) is 0 Å². The Hall–Kier alpha value is -3.72. The zero-order valence-corrected chi connectivity index (χ0v) is 27.3. The lowest BCUT2D eigenvalue weighted by Crippen LogP contribution is -2.60. The summed E-state index contributed by atoms with van der Waals surface area (Å²) in [5.74, 6) is -6.23. The number of aryl methyl sites for hydroxylation is 3. The van der Waals surface area contributed by atoms with Gasteiger partial charge in [-0.2, -0.15) is 0 Å². The number of rotatable bonds is 3. The van der Waals surface area contributed by atoms with E-state index < -0.39 is 57.0 Å². The average molecular weight is 682 g/mol. The van der Waals surface area contributed by atoms with Gasteiger partial charge in [0.1, 0.15) is 11.6 Å². The third kappa shape index (κ3) is 4.02. The normalized spacial score (nSPS) is 30.4. The molecule has 7 nitrogen and oxygen atoms in total. The largest absolute Gasteiger partial charge is 0.507 e. The number of allylic oxidation sites excluding steroid dienone is 2. The van der Waals surface area contributed by atoms with Gasteiger partial charge in [-0.3, -0.25) is 19.2 Å². The number of carbonyl (C=O) groups is 4. The number of anilines is 2. The maximum absolute atomic E-state index is 14.5. The van der Waals surface area contributed by atoms with Crippen LogP contribution < -0.4 is 9.80 Å². The standard InChI is InChI=1S/C35H28Cl3FN2O5/c1-16-4-7-22(14-26(16)36)40-30(43)24-11-10-23-25(27(24)31(40)44)15-34(37)32(45)41(21-8-5-20(39)6-9-21)33(46)35(34,38)28(23)19-12-17(2)29(42)18(3)13-19/h4-10,12-14,24-25,27-28,42H,11,15H2,1-3H3. The van der Waals surface area contributed by atoms with Gasteiger partial charge in [-0.15, -0.1) is 23.2 Å². The van der Waals surface area contributed by atoms with E-state index in [0.29, 0.717) is 33.0 Å². The highest BCUT2D eigenvalue weighted by Crippen LogP contribution is 2.66. The highest BCUT2D eigenvalue weighted by atomic mass is 35.5. The lowest BCUT2D eigenvalue weighted by molar-refractivity contribution is -0.125. The van der Waals surface area contributed by atoms with Crippen molar-refractivity contribution in [3.8, 4) is 5.75 Å². The van der Waals surface area contributed by atoms with Crippen molar-refractivity contribution in [1.82, 2.24) is 0 Å². The van der Waals surface area contributed by atoms with Crippen molar-refractivity contribution in [3.63, 3.8) is 0 Å². The first kappa shape index (κ1) is 30.9. The van der Waals surface area contributed by atoms with Crippen LogP contribution in [0.5, 0.6) is 5.75 Å². The molecule has 7 rings (SSSR count). The summed E-state index contributed by atoms with van der Waals surface area (Å²) in [5.41, 5.74) is 3.44. The predicted molar refractivity (Wildman–Crippen MR) is 173 cm³/mol. The molecule has 236 valence electrons.